The molecule has 3 atom stereocenters. The van der Waals surface area contributed by atoms with E-state index in [1.165, 1.54) is 23.5 Å². The van der Waals surface area contributed by atoms with Crippen LogP contribution in [0.5, 0.6) is 0 Å². The number of hydrogen-bond acceptors (Lipinski definition) is 8. The molecular weight excluding hydrogens is 501 g/mol. The summed E-state index contributed by atoms with van der Waals surface area (Å²) in [4.78, 5) is 33.7. The lowest BCUT2D eigenvalue weighted by Gasteiger charge is -2.23. The first-order valence-corrected chi connectivity index (χ1v) is 13.4. The Labute approximate surface area is 224 Å². The first-order chi connectivity index (χ1) is 18.2. The Morgan fingerprint density at radius 1 is 1.11 bits per heavy atom. The van der Waals surface area contributed by atoms with Gasteiger partial charge in [0, 0.05) is 54.5 Å². The van der Waals surface area contributed by atoms with Crippen LogP contribution in [0.15, 0.2) is 54.9 Å². The predicted molar refractivity (Wildman–Crippen MR) is 145 cm³/mol. The molecule has 1 amide bonds. The molecule has 1 aromatic carbocycles. The van der Waals surface area contributed by atoms with Gasteiger partial charge in [-0.25, -0.2) is 24.3 Å². The van der Waals surface area contributed by atoms with Crippen molar-refractivity contribution in [3.8, 4) is 22.1 Å². The molecule has 194 valence electrons. The van der Waals surface area contributed by atoms with E-state index in [0.29, 0.717) is 46.3 Å². The van der Waals surface area contributed by atoms with Gasteiger partial charge >= 0.3 is 0 Å². The lowest BCUT2D eigenvalue weighted by Crippen LogP contribution is -2.33. The van der Waals surface area contributed by atoms with Gasteiger partial charge < -0.3 is 16.0 Å². The van der Waals surface area contributed by atoms with E-state index >= 15 is 0 Å². The molecule has 4 aromatic rings. The number of benzene rings is 1. The van der Waals surface area contributed by atoms with Crippen LogP contribution in [0, 0.1) is 24.6 Å². The van der Waals surface area contributed by atoms with Crippen LogP contribution in [0.2, 0.25) is 0 Å². The molecule has 1 saturated carbocycles. The molecule has 0 unspecified atom stereocenters. The average molecular weight is 530 g/mol. The number of amides is 1. The predicted octanol–water partition coefficient (Wildman–Crippen LogP) is 4.49. The van der Waals surface area contributed by atoms with Gasteiger partial charge in [0.15, 0.2) is 10.8 Å². The van der Waals surface area contributed by atoms with Crippen LogP contribution in [0.3, 0.4) is 0 Å². The topological polar surface area (TPSA) is 110 Å². The van der Waals surface area contributed by atoms with E-state index in [1.54, 1.807) is 30.6 Å². The van der Waals surface area contributed by atoms with E-state index in [2.05, 4.69) is 20.3 Å². The number of halogens is 1. The van der Waals surface area contributed by atoms with Gasteiger partial charge in [-0.05, 0) is 68.8 Å². The highest BCUT2D eigenvalue weighted by atomic mass is 32.1. The molecule has 3 N–H and O–H groups in total. The number of thiazole rings is 1. The number of rotatable bonds is 6. The minimum atomic E-state index is -0.562. The summed E-state index contributed by atoms with van der Waals surface area (Å²) < 4.78 is 13.5. The van der Waals surface area contributed by atoms with E-state index in [-0.39, 0.29) is 17.8 Å². The molecule has 2 aliphatic rings. The highest BCUT2D eigenvalue weighted by molar-refractivity contribution is 7.17. The Morgan fingerprint density at radius 3 is 2.45 bits per heavy atom. The Hall–Kier alpha value is -3.76. The van der Waals surface area contributed by atoms with Crippen molar-refractivity contribution in [3.63, 3.8) is 0 Å². The quantitative estimate of drug-likeness (QED) is 0.379. The Bertz CT molecular complexity index is 1490. The van der Waals surface area contributed by atoms with Crippen LogP contribution in [0.25, 0.3) is 22.1 Å². The number of nitrogens with two attached hydrogens (primary N) is 1. The molecule has 6 rings (SSSR count). The Kier molecular flexibility index (Phi) is 5.96. The fourth-order valence-corrected chi connectivity index (χ4v) is 6.05. The maximum Gasteiger partial charge on any atom is 0.265 e. The van der Waals surface area contributed by atoms with Crippen molar-refractivity contribution in [3.05, 3.63) is 76.8 Å². The van der Waals surface area contributed by atoms with Crippen molar-refractivity contribution in [2.24, 2.45) is 17.6 Å². The second-order valence-electron chi connectivity index (χ2n) is 10.6. The molecule has 3 aromatic heterocycles. The van der Waals surface area contributed by atoms with Gasteiger partial charge in [0.1, 0.15) is 16.5 Å². The zero-order chi connectivity index (χ0) is 26.6. The minimum absolute atomic E-state index is 0.0109. The third-order valence-corrected chi connectivity index (χ3v) is 8.39. The van der Waals surface area contributed by atoms with Crippen molar-refractivity contribution in [1.29, 1.82) is 0 Å². The van der Waals surface area contributed by atoms with Gasteiger partial charge in [0.25, 0.3) is 5.91 Å². The summed E-state index contributed by atoms with van der Waals surface area (Å²) in [6, 6.07) is 12.2. The van der Waals surface area contributed by atoms with Gasteiger partial charge in [-0.2, -0.15) is 0 Å². The van der Waals surface area contributed by atoms with Crippen LogP contribution in [0.4, 0.5) is 10.2 Å². The van der Waals surface area contributed by atoms with Crippen LogP contribution < -0.4 is 11.1 Å². The lowest BCUT2D eigenvalue weighted by atomic mass is 9.94. The smallest absolute Gasteiger partial charge is 0.265 e. The molecular formula is C28H28FN7OS. The monoisotopic (exact) mass is 529 g/mol. The number of anilines is 1. The number of carbonyl (C=O) groups is 1. The normalized spacial score (nSPS) is 20.3. The number of piperidine rings is 1. The Morgan fingerprint density at radius 2 is 1.79 bits per heavy atom. The SMILES string of the molecule is Cc1nc(-c2ncccn2)sc1C(=O)N1C[C@@H]2[C@H](C1)[C@H]2Nc1cc(C(C)(C)N)cc(-c2ccc(F)cc2)n1. The highest BCUT2D eigenvalue weighted by Gasteiger charge is 2.57. The molecule has 0 bridgehead atoms. The zero-order valence-electron chi connectivity index (χ0n) is 21.4. The summed E-state index contributed by atoms with van der Waals surface area (Å²) in [7, 11) is 0. The van der Waals surface area contributed by atoms with E-state index < -0.39 is 5.54 Å². The van der Waals surface area contributed by atoms with Gasteiger partial charge in [0.05, 0.1) is 11.4 Å². The van der Waals surface area contributed by atoms with Crippen LogP contribution in [-0.4, -0.2) is 49.9 Å². The average Bonchev–Trinajstić information content (AvgIpc) is 3.22. The van der Waals surface area contributed by atoms with Crippen LogP contribution in [-0.2, 0) is 5.54 Å². The number of nitrogens with one attached hydrogen (secondary N) is 1. The fourth-order valence-electron chi connectivity index (χ4n) is 5.07. The molecule has 10 heteroatoms. The minimum Gasteiger partial charge on any atom is -0.367 e. The third-order valence-electron chi connectivity index (χ3n) is 7.25. The summed E-state index contributed by atoms with van der Waals surface area (Å²) >= 11 is 1.34. The molecule has 4 heterocycles. The van der Waals surface area contributed by atoms with Gasteiger partial charge in [-0.3, -0.25) is 4.79 Å². The molecule has 0 radical (unpaired) electrons. The molecule has 1 saturated heterocycles. The van der Waals surface area contributed by atoms with Crippen molar-refractivity contribution in [2.45, 2.75) is 32.4 Å². The molecule has 1 aliphatic carbocycles. The van der Waals surface area contributed by atoms with Gasteiger partial charge in [-0.15, -0.1) is 11.3 Å². The Balaban J connectivity index is 1.16. The number of aryl methyl sites for hydroxylation is 1. The van der Waals surface area contributed by atoms with E-state index in [4.69, 9.17) is 10.7 Å². The largest absolute Gasteiger partial charge is 0.367 e. The number of pyridine rings is 1. The standard InChI is InChI=1S/C28H28FN7OS/c1-15-24(38-26(33-15)25-31-9-4-10-32-25)27(37)36-13-19-20(14-36)23(19)35-22-12-17(28(2,3)30)11-21(34-22)16-5-7-18(29)8-6-16/h4-12,19-20,23H,13-14,30H2,1-3H3,(H,34,35)/t19-,20+,23+. The summed E-state index contributed by atoms with van der Waals surface area (Å²) in [6.45, 7) is 7.12. The van der Waals surface area contributed by atoms with Crippen molar-refractivity contribution >= 4 is 23.1 Å². The summed E-state index contributed by atoms with van der Waals surface area (Å²) in [5.41, 5.74) is 9.07. The molecule has 0 spiro atoms. The number of carbonyl (C=O) groups excluding carboxylic acids is 1. The van der Waals surface area contributed by atoms with E-state index in [9.17, 15) is 9.18 Å². The second kappa shape index (κ2) is 9.21. The molecule has 1 aliphatic heterocycles. The first-order valence-electron chi connectivity index (χ1n) is 12.6. The molecule has 2 fully saturated rings. The second-order valence-corrected chi connectivity index (χ2v) is 11.6. The number of fused-ring (bicyclic) bond motifs is 1. The highest BCUT2D eigenvalue weighted by Crippen LogP contribution is 2.48. The number of nitrogens with zero attached hydrogens (tertiary/aromatic N) is 5. The molecule has 8 nitrogen and oxygen atoms in total. The van der Waals surface area contributed by atoms with Crippen LogP contribution >= 0.6 is 11.3 Å². The third kappa shape index (κ3) is 4.65. The van der Waals surface area contributed by atoms with Gasteiger partial charge in [-0.1, -0.05) is 0 Å². The number of likely N-dealkylation sites (tertiary alicyclic amines) is 1. The lowest BCUT2D eigenvalue weighted by molar-refractivity contribution is 0.0778. The van der Waals surface area contributed by atoms with Crippen molar-refractivity contribution in [2.75, 3.05) is 18.4 Å². The van der Waals surface area contributed by atoms with Crippen molar-refractivity contribution < 1.29 is 9.18 Å². The zero-order valence-corrected chi connectivity index (χ0v) is 22.2. The number of hydrogen-bond donors (Lipinski definition) is 2. The van der Waals surface area contributed by atoms with E-state index in [1.807, 2.05) is 37.8 Å². The maximum absolute atomic E-state index is 13.5. The summed E-state index contributed by atoms with van der Waals surface area (Å²) in [6.07, 6.45) is 3.34. The van der Waals surface area contributed by atoms with Gasteiger partial charge in [0.2, 0.25) is 0 Å². The van der Waals surface area contributed by atoms with Crippen molar-refractivity contribution in [1.82, 2.24) is 24.8 Å². The molecule has 38 heavy (non-hydrogen) atoms. The first kappa shape index (κ1) is 24.6. The fraction of sp³-hybridized carbons (Fsp3) is 0.321. The maximum atomic E-state index is 13.5. The summed E-state index contributed by atoms with van der Waals surface area (Å²) in [5, 5.41) is 4.24. The number of aromatic nitrogens is 4. The van der Waals surface area contributed by atoms with E-state index in [0.717, 1.165) is 22.6 Å². The van der Waals surface area contributed by atoms with Crippen LogP contribution in [0.1, 0.15) is 34.8 Å². The summed E-state index contributed by atoms with van der Waals surface area (Å²) in [5.74, 6) is 1.71.